The summed E-state index contributed by atoms with van der Waals surface area (Å²) in [6, 6.07) is 7.53. The molecule has 162 valence electrons. The second kappa shape index (κ2) is 10.9. The zero-order valence-corrected chi connectivity index (χ0v) is 19.2. The van der Waals surface area contributed by atoms with E-state index in [0.717, 1.165) is 18.8 Å². The highest BCUT2D eigenvalue weighted by Gasteiger charge is 2.25. The van der Waals surface area contributed by atoms with Gasteiger partial charge >= 0.3 is 0 Å². The van der Waals surface area contributed by atoms with E-state index in [2.05, 4.69) is 23.7 Å². The molecule has 1 aromatic heterocycles. The molecule has 6 nitrogen and oxygen atoms in total. The summed E-state index contributed by atoms with van der Waals surface area (Å²) in [4.78, 5) is 14.6. The summed E-state index contributed by atoms with van der Waals surface area (Å²) in [7, 11) is 1.92. The SMILES string of the molecule is C=CCn1c(COc2ccc(Cl)cc2)nnc1SCC(=O)N(C)C1CCC(C)CC1. The lowest BCUT2D eigenvalue weighted by Gasteiger charge is -2.33. The van der Waals surface area contributed by atoms with Crippen LogP contribution in [0.2, 0.25) is 5.02 Å². The Labute approximate surface area is 187 Å². The molecule has 0 radical (unpaired) electrons. The number of allylic oxidation sites excluding steroid dienone is 1. The summed E-state index contributed by atoms with van der Waals surface area (Å²) in [5.41, 5.74) is 0. The molecule has 1 aliphatic carbocycles. The molecule has 0 N–H and O–H groups in total. The van der Waals surface area contributed by atoms with E-state index in [0.29, 0.717) is 40.1 Å². The minimum atomic E-state index is 0.131. The number of amides is 1. The van der Waals surface area contributed by atoms with E-state index in [1.807, 2.05) is 28.6 Å². The molecular weight excluding hydrogens is 420 g/mol. The Morgan fingerprint density at radius 3 is 2.67 bits per heavy atom. The number of benzene rings is 1. The minimum absolute atomic E-state index is 0.131. The third kappa shape index (κ3) is 6.01. The van der Waals surface area contributed by atoms with Crippen LogP contribution in [-0.4, -0.2) is 44.4 Å². The molecule has 2 aromatic rings. The van der Waals surface area contributed by atoms with Crippen molar-refractivity contribution in [2.75, 3.05) is 12.8 Å². The molecule has 1 heterocycles. The van der Waals surface area contributed by atoms with Gasteiger partial charge in [-0.3, -0.25) is 9.36 Å². The van der Waals surface area contributed by atoms with Crippen molar-refractivity contribution in [2.24, 2.45) is 5.92 Å². The lowest BCUT2D eigenvalue weighted by atomic mass is 9.87. The molecule has 1 amide bonds. The number of ether oxygens (including phenoxy) is 1. The van der Waals surface area contributed by atoms with E-state index in [1.165, 1.54) is 24.6 Å². The van der Waals surface area contributed by atoms with Crippen molar-refractivity contribution >= 4 is 29.3 Å². The van der Waals surface area contributed by atoms with Crippen molar-refractivity contribution < 1.29 is 9.53 Å². The molecule has 0 saturated heterocycles. The smallest absolute Gasteiger partial charge is 0.233 e. The summed E-state index contributed by atoms with van der Waals surface area (Å²) in [6.07, 6.45) is 6.36. The van der Waals surface area contributed by atoms with Gasteiger partial charge in [-0.25, -0.2) is 0 Å². The van der Waals surface area contributed by atoms with Crippen molar-refractivity contribution in [1.82, 2.24) is 19.7 Å². The maximum atomic E-state index is 12.7. The number of halogens is 1. The topological polar surface area (TPSA) is 60.2 Å². The van der Waals surface area contributed by atoms with Crippen molar-refractivity contribution in [3.63, 3.8) is 0 Å². The van der Waals surface area contributed by atoms with Gasteiger partial charge in [-0.05, 0) is 55.9 Å². The van der Waals surface area contributed by atoms with Gasteiger partial charge in [-0.1, -0.05) is 36.4 Å². The number of aromatic nitrogens is 3. The third-order valence-corrected chi connectivity index (χ3v) is 6.74. The van der Waals surface area contributed by atoms with Gasteiger partial charge in [0.25, 0.3) is 0 Å². The first-order valence-corrected chi connectivity index (χ1v) is 11.6. The standard InChI is InChI=1S/C22H29ClN4O2S/c1-4-13-27-20(14-29-19-11-7-17(23)8-12-19)24-25-22(27)30-15-21(28)26(3)18-9-5-16(2)6-10-18/h4,7-8,11-12,16,18H,1,5-6,9-10,13-15H2,2-3H3. The van der Waals surface area contributed by atoms with Crippen LogP contribution in [0.25, 0.3) is 0 Å². The summed E-state index contributed by atoms with van der Waals surface area (Å²) in [5.74, 6) is 2.64. The molecular formula is C22H29ClN4O2S. The molecule has 3 rings (SSSR count). The number of hydrogen-bond acceptors (Lipinski definition) is 5. The van der Waals surface area contributed by atoms with Gasteiger partial charge in [0.05, 0.1) is 5.75 Å². The van der Waals surface area contributed by atoms with Crippen LogP contribution in [-0.2, 0) is 17.9 Å². The average Bonchev–Trinajstić information content (AvgIpc) is 3.13. The largest absolute Gasteiger partial charge is 0.486 e. The van der Waals surface area contributed by atoms with E-state index < -0.39 is 0 Å². The molecule has 0 unspecified atom stereocenters. The second-order valence-corrected chi connectivity index (χ2v) is 9.13. The van der Waals surface area contributed by atoms with Gasteiger partial charge < -0.3 is 9.64 Å². The molecule has 1 fully saturated rings. The molecule has 30 heavy (non-hydrogen) atoms. The van der Waals surface area contributed by atoms with Crippen LogP contribution < -0.4 is 4.74 Å². The van der Waals surface area contributed by atoms with Crippen LogP contribution in [0.4, 0.5) is 0 Å². The molecule has 0 aliphatic heterocycles. The molecule has 0 bridgehead atoms. The fourth-order valence-corrected chi connectivity index (χ4v) is 4.60. The zero-order chi connectivity index (χ0) is 21.5. The Morgan fingerprint density at radius 1 is 1.30 bits per heavy atom. The van der Waals surface area contributed by atoms with Crippen molar-refractivity contribution in [2.45, 2.75) is 57.0 Å². The van der Waals surface area contributed by atoms with E-state index in [4.69, 9.17) is 16.3 Å². The first kappa shape index (κ1) is 22.7. The number of rotatable bonds is 9. The highest BCUT2D eigenvalue weighted by atomic mass is 35.5. The molecule has 1 saturated carbocycles. The predicted molar refractivity (Wildman–Crippen MR) is 121 cm³/mol. The van der Waals surface area contributed by atoms with E-state index in [9.17, 15) is 4.79 Å². The zero-order valence-electron chi connectivity index (χ0n) is 17.6. The van der Waals surface area contributed by atoms with Gasteiger partial charge in [0.2, 0.25) is 5.91 Å². The number of thioether (sulfide) groups is 1. The second-order valence-electron chi connectivity index (χ2n) is 7.75. The van der Waals surface area contributed by atoms with Crippen LogP contribution in [0, 0.1) is 5.92 Å². The number of nitrogens with zero attached hydrogens (tertiary/aromatic N) is 4. The minimum Gasteiger partial charge on any atom is -0.486 e. The Bertz CT molecular complexity index is 847. The van der Waals surface area contributed by atoms with E-state index >= 15 is 0 Å². The highest BCUT2D eigenvalue weighted by Crippen LogP contribution is 2.27. The maximum Gasteiger partial charge on any atom is 0.233 e. The van der Waals surface area contributed by atoms with Crippen molar-refractivity contribution in [3.8, 4) is 5.75 Å². The molecule has 0 atom stereocenters. The highest BCUT2D eigenvalue weighted by molar-refractivity contribution is 7.99. The summed E-state index contributed by atoms with van der Waals surface area (Å²) < 4.78 is 7.73. The van der Waals surface area contributed by atoms with Crippen LogP contribution >= 0.6 is 23.4 Å². The third-order valence-electron chi connectivity index (χ3n) is 5.54. The quantitative estimate of drug-likeness (QED) is 0.406. The Hall–Kier alpha value is -1.99. The summed E-state index contributed by atoms with van der Waals surface area (Å²) in [5, 5.41) is 9.89. The van der Waals surface area contributed by atoms with E-state index in [1.54, 1.807) is 18.2 Å². The van der Waals surface area contributed by atoms with Gasteiger partial charge in [0, 0.05) is 24.7 Å². The monoisotopic (exact) mass is 448 g/mol. The van der Waals surface area contributed by atoms with Crippen LogP contribution in [0.15, 0.2) is 42.1 Å². The van der Waals surface area contributed by atoms with Gasteiger partial charge in [0.1, 0.15) is 12.4 Å². The van der Waals surface area contributed by atoms with Gasteiger partial charge in [-0.15, -0.1) is 16.8 Å². The Morgan fingerprint density at radius 2 is 2.00 bits per heavy atom. The summed E-state index contributed by atoms with van der Waals surface area (Å²) in [6.45, 7) is 6.94. The average molecular weight is 449 g/mol. The fraction of sp³-hybridized carbons (Fsp3) is 0.500. The fourth-order valence-electron chi connectivity index (χ4n) is 3.59. The summed E-state index contributed by atoms with van der Waals surface area (Å²) >= 11 is 7.32. The van der Waals surface area contributed by atoms with E-state index in [-0.39, 0.29) is 12.5 Å². The Kier molecular flexibility index (Phi) is 8.22. The van der Waals surface area contributed by atoms with Crippen LogP contribution in [0.5, 0.6) is 5.75 Å². The number of hydrogen-bond donors (Lipinski definition) is 0. The normalized spacial score (nSPS) is 18.8. The first-order chi connectivity index (χ1) is 14.5. The van der Waals surface area contributed by atoms with Gasteiger partial charge in [-0.2, -0.15) is 0 Å². The lowest BCUT2D eigenvalue weighted by Crippen LogP contribution is -2.40. The maximum absolute atomic E-state index is 12.7. The lowest BCUT2D eigenvalue weighted by molar-refractivity contribution is -0.129. The van der Waals surface area contributed by atoms with Gasteiger partial charge in [0.15, 0.2) is 11.0 Å². The van der Waals surface area contributed by atoms with Crippen molar-refractivity contribution in [1.29, 1.82) is 0 Å². The predicted octanol–water partition coefficient (Wildman–Crippen LogP) is 4.83. The Balaban J connectivity index is 1.58. The van der Waals surface area contributed by atoms with Crippen molar-refractivity contribution in [3.05, 3.63) is 47.8 Å². The molecule has 8 heteroatoms. The number of carbonyl (C=O) groups excluding carboxylic acids is 1. The first-order valence-electron chi connectivity index (χ1n) is 10.3. The molecule has 1 aromatic carbocycles. The number of carbonyl (C=O) groups is 1. The molecule has 1 aliphatic rings. The van der Waals surface area contributed by atoms with Crippen LogP contribution in [0.3, 0.4) is 0 Å². The van der Waals surface area contributed by atoms with Crippen LogP contribution in [0.1, 0.15) is 38.4 Å². The molecule has 0 spiro atoms.